The van der Waals surface area contributed by atoms with Crippen LogP contribution in [0.4, 0.5) is 0 Å². The molecule has 2 radical (unpaired) electrons. The summed E-state index contributed by atoms with van der Waals surface area (Å²) in [5.41, 5.74) is -0.381. The van der Waals surface area contributed by atoms with E-state index in [0.717, 1.165) is 6.54 Å². The van der Waals surface area contributed by atoms with Crippen LogP contribution < -0.4 is 5.32 Å². The summed E-state index contributed by atoms with van der Waals surface area (Å²) in [5.74, 6) is 0. The average Bonchev–Trinajstić information content (AvgIpc) is 2.55. The van der Waals surface area contributed by atoms with Crippen molar-refractivity contribution in [3.63, 3.8) is 0 Å². The van der Waals surface area contributed by atoms with Crippen molar-refractivity contribution in [1.29, 1.82) is 0 Å². The topological polar surface area (TPSA) is 39.7 Å². The Morgan fingerprint density at radius 2 is 2.38 bits per heavy atom. The average molecular weight is 183 g/mol. The molecule has 5 heteroatoms. The zero-order valence-electron chi connectivity index (χ0n) is 7.95. The minimum atomic E-state index is -0.381. The molecule has 2 bridgehead atoms. The van der Waals surface area contributed by atoms with Crippen molar-refractivity contribution in [2.45, 2.75) is 23.8 Å². The van der Waals surface area contributed by atoms with Crippen LogP contribution in [0, 0.1) is 0 Å². The molecule has 2 fully saturated rings. The molecular weight excluding hydrogens is 169 g/mol. The predicted molar refractivity (Wildman–Crippen MR) is 47.8 cm³/mol. The molecular formula is C8H14BNO3. The quantitative estimate of drug-likeness (QED) is 0.563. The van der Waals surface area contributed by atoms with Gasteiger partial charge in [0.1, 0.15) is 19.6 Å². The largest absolute Gasteiger partial charge is 0.382 e. The number of ether oxygens (including phenoxy) is 3. The Balaban J connectivity index is 2.17. The fraction of sp³-hybridized carbons (Fsp3) is 1.00. The molecule has 1 N–H and O–H groups in total. The second kappa shape index (κ2) is 3.24. The molecule has 1 unspecified atom stereocenters. The molecule has 4 nitrogen and oxygen atoms in total. The lowest BCUT2D eigenvalue weighted by molar-refractivity contribution is -0.107. The third-order valence-corrected chi connectivity index (χ3v) is 2.85. The number of morpholine rings is 1. The molecule has 2 aliphatic heterocycles. The summed E-state index contributed by atoms with van der Waals surface area (Å²) in [7, 11) is 9.11. The normalized spacial score (nSPS) is 48.6. The molecule has 2 aliphatic rings. The molecule has 2 saturated heterocycles. The van der Waals surface area contributed by atoms with Gasteiger partial charge in [-0.15, -0.1) is 0 Å². The molecule has 4 atom stereocenters. The maximum atomic E-state index is 5.78. The van der Waals surface area contributed by atoms with E-state index in [4.69, 9.17) is 22.1 Å². The zero-order valence-corrected chi connectivity index (χ0v) is 7.95. The first-order chi connectivity index (χ1) is 6.23. The SMILES string of the molecule is [B][C@@H]1O[C@]2(COC)CN[C@@H]1C2OC. The first-order valence-corrected chi connectivity index (χ1v) is 4.42. The van der Waals surface area contributed by atoms with Crippen molar-refractivity contribution in [3.8, 4) is 0 Å². The molecule has 13 heavy (non-hydrogen) atoms. The second-order valence-corrected chi connectivity index (χ2v) is 3.64. The summed E-state index contributed by atoms with van der Waals surface area (Å²) in [5, 5.41) is 3.28. The van der Waals surface area contributed by atoms with E-state index >= 15 is 0 Å². The van der Waals surface area contributed by atoms with Gasteiger partial charge in [0.2, 0.25) is 0 Å². The summed E-state index contributed by atoms with van der Waals surface area (Å²) in [6, 6.07) is -0.186. The summed E-state index contributed by atoms with van der Waals surface area (Å²) in [6.45, 7) is 1.26. The Bertz CT molecular complexity index is 204. The maximum absolute atomic E-state index is 5.78. The van der Waals surface area contributed by atoms with Gasteiger partial charge in [0, 0.05) is 26.8 Å². The summed E-state index contributed by atoms with van der Waals surface area (Å²) in [4.78, 5) is 0. The second-order valence-electron chi connectivity index (χ2n) is 3.64. The van der Waals surface area contributed by atoms with Gasteiger partial charge in [-0.1, -0.05) is 0 Å². The van der Waals surface area contributed by atoms with E-state index in [1.54, 1.807) is 14.2 Å². The fourth-order valence-electron chi connectivity index (χ4n) is 2.34. The van der Waals surface area contributed by atoms with Crippen LogP contribution in [0.25, 0.3) is 0 Å². The van der Waals surface area contributed by atoms with Gasteiger partial charge in [-0.2, -0.15) is 0 Å². The maximum Gasteiger partial charge on any atom is 0.131 e. The van der Waals surface area contributed by atoms with E-state index in [1.807, 2.05) is 0 Å². The van der Waals surface area contributed by atoms with Crippen molar-refractivity contribution in [3.05, 3.63) is 0 Å². The number of hydrogen-bond donors (Lipinski definition) is 1. The highest BCUT2D eigenvalue weighted by Gasteiger charge is 2.58. The third-order valence-electron chi connectivity index (χ3n) is 2.85. The van der Waals surface area contributed by atoms with Crippen LogP contribution >= 0.6 is 0 Å². The van der Waals surface area contributed by atoms with Gasteiger partial charge in [-0.3, -0.25) is 0 Å². The van der Waals surface area contributed by atoms with Crippen LogP contribution in [-0.2, 0) is 14.2 Å². The van der Waals surface area contributed by atoms with E-state index < -0.39 is 0 Å². The molecule has 0 amide bonds. The Hall–Kier alpha value is -0.0951. The Morgan fingerprint density at radius 1 is 1.62 bits per heavy atom. The minimum absolute atomic E-state index is 0.00227. The van der Waals surface area contributed by atoms with E-state index in [0.29, 0.717) is 6.61 Å². The zero-order chi connectivity index (χ0) is 9.47. The summed E-state index contributed by atoms with van der Waals surface area (Å²) >= 11 is 0. The molecule has 2 heterocycles. The Morgan fingerprint density at radius 3 is 2.92 bits per heavy atom. The Kier molecular flexibility index (Phi) is 2.36. The van der Waals surface area contributed by atoms with E-state index in [-0.39, 0.29) is 23.8 Å². The van der Waals surface area contributed by atoms with E-state index in [2.05, 4.69) is 5.32 Å². The number of methoxy groups -OCH3 is 2. The standard InChI is InChI=1S/C8H14BNO3/c1-11-4-8-3-10-5(6(8)12-2)7(9)13-8/h5-7,10H,3-4H2,1-2H3/t5-,6?,7-,8+/m1/s1. The molecule has 0 saturated carbocycles. The summed E-state index contributed by atoms with van der Waals surface area (Å²) < 4.78 is 16.2. The van der Waals surface area contributed by atoms with Crippen LogP contribution in [0.15, 0.2) is 0 Å². The van der Waals surface area contributed by atoms with Crippen molar-refractivity contribution < 1.29 is 14.2 Å². The van der Waals surface area contributed by atoms with Crippen molar-refractivity contribution in [1.82, 2.24) is 5.32 Å². The van der Waals surface area contributed by atoms with Gasteiger partial charge in [0.25, 0.3) is 0 Å². The summed E-state index contributed by atoms with van der Waals surface area (Å²) in [6.07, 6.45) is 0.00227. The first-order valence-electron chi connectivity index (χ1n) is 4.42. The van der Waals surface area contributed by atoms with Gasteiger partial charge >= 0.3 is 0 Å². The van der Waals surface area contributed by atoms with E-state index in [1.165, 1.54) is 0 Å². The number of hydrogen-bond acceptors (Lipinski definition) is 4. The van der Waals surface area contributed by atoms with Crippen LogP contribution in [0.5, 0.6) is 0 Å². The monoisotopic (exact) mass is 183 g/mol. The van der Waals surface area contributed by atoms with E-state index in [9.17, 15) is 0 Å². The van der Waals surface area contributed by atoms with Crippen LogP contribution in [0.1, 0.15) is 0 Å². The van der Waals surface area contributed by atoms with Gasteiger partial charge in [0.15, 0.2) is 0 Å². The lowest BCUT2D eigenvalue weighted by Gasteiger charge is -2.30. The smallest absolute Gasteiger partial charge is 0.131 e. The molecule has 0 aromatic carbocycles. The van der Waals surface area contributed by atoms with Crippen LogP contribution in [0.2, 0.25) is 0 Å². The number of rotatable bonds is 3. The number of fused-ring (bicyclic) bond motifs is 2. The van der Waals surface area contributed by atoms with Gasteiger partial charge in [0.05, 0.1) is 12.6 Å². The lowest BCUT2D eigenvalue weighted by atomic mass is 9.91. The van der Waals surface area contributed by atoms with Gasteiger partial charge in [-0.05, 0) is 0 Å². The molecule has 0 spiro atoms. The molecule has 2 rings (SSSR count). The molecule has 72 valence electrons. The van der Waals surface area contributed by atoms with Gasteiger partial charge < -0.3 is 19.5 Å². The van der Waals surface area contributed by atoms with Crippen molar-refractivity contribution in [2.75, 3.05) is 27.4 Å². The Labute approximate surface area is 79.3 Å². The first kappa shape index (κ1) is 9.46. The van der Waals surface area contributed by atoms with Gasteiger partial charge in [-0.25, -0.2) is 0 Å². The van der Waals surface area contributed by atoms with Crippen LogP contribution in [-0.4, -0.2) is 59.0 Å². The highest BCUT2D eigenvalue weighted by Crippen LogP contribution is 2.36. The third kappa shape index (κ3) is 1.22. The molecule has 0 aromatic rings. The molecule has 0 aromatic heterocycles. The lowest BCUT2D eigenvalue weighted by Crippen LogP contribution is -2.48. The fourth-order valence-corrected chi connectivity index (χ4v) is 2.34. The minimum Gasteiger partial charge on any atom is -0.382 e. The predicted octanol–water partition coefficient (Wildman–Crippen LogP) is -1.12. The highest BCUT2D eigenvalue weighted by molar-refractivity contribution is 6.12. The van der Waals surface area contributed by atoms with Crippen molar-refractivity contribution in [2.24, 2.45) is 0 Å². The molecule has 0 aliphatic carbocycles. The van der Waals surface area contributed by atoms with Crippen LogP contribution in [0.3, 0.4) is 0 Å². The number of nitrogens with one attached hydrogen (secondary N) is 1. The van der Waals surface area contributed by atoms with Crippen molar-refractivity contribution >= 4 is 7.85 Å². The highest BCUT2D eigenvalue weighted by atomic mass is 16.6.